The highest BCUT2D eigenvalue weighted by Gasteiger charge is 2.30. The van der Waals surface area contributed by atoms with Gasteiger partial charge >= 0.3 is 0 Å². The third-order valence-electron chi connectivity index (χ3n) is 6.31. The van der Waals surface area contributed by atoms with Gasteiger partial charge in [0, 0.05) is 31.7 Å². The molecule has 1 fully saturated rings. The molecule has 0 bridgehead atoms. The summed E-state index contributed by atoms with van der Waals surface area (Å²) in [6, 6.07) is 31.9. The maximum atomic E-state index is 3.91. The lowest BCUT2D eigenvalue weighted by molar-refractivity contribution is 0.106. The number of hydrogen-bond donors (Lipinski definition) is 1. The van der Waals surface area contributed by atoms with Crippen molar-refractivity contribution in [3.63, 3.8) is 0 Å². The van der Waals surface area contributed by atoms with Crippen molar-refractivity contribution in [1.29, 1.82) is 0 Å². The third-order valence-corrected chi connectivity index (χ3v) is 6.31. The minimum Gasteiger partial charge on any atom is -0.308 e. The van der Waals surface area contributed by atoms with Gasteiger partial charge in [-0.15, -0.1) is 0 Å². The van der Waals surface area contributed by atoms with E-state index in [1.165, 1.54) is 47.9 Å². The molecule has 0 spiro atoms. The lowest BCUT2D eigenvalue weighted by atomic mass is 9.88. The summed E-state index contributed by atoms with van der Waals surface area (Å²) in [7, 11) is 0. The third kappa shape index (κ3) is 5.81. The van der Waals surface area contributed by atoms with E-state index in [0.29, 0.717) is 12.1 Å². The Morgan fingerprint density at radius 1 is 0.733 bits per heavy atom. The van der Waals surface area contributed by atoms with Crippen LogP contribution in [0.4, 0.5) is 0 Å². The first-order chi connectivity index (χ1) is 14.8. The highest BCUT2D eigenvalue weighted by Crippen LogP contribution is 2.27. The summed E-state index contributed by atoms with van der Waals surface area (Å²) in [5.41, 5.74) is 5.53. The van der Waals surface area contributed by atoms with E-state index in [1.807, 2.05) is 0 Å². The van der Waals surface area contributed by atoms with Gasteiger partial charge in [0.15, 0.2) is 0 Å². The minimum absolute atomic E-state index is 0.535. The molecule has 156 valence electrons. The van der Waals surface area contributed by atoms with E-state index >= 15 is 0 Å². The van der Waals surface area contributed by atoms with Crippen LogP contribution in [0.3, 0.4) is 0 Å². The summed E-state index contributed by atoms with van der Waals surface area (Å²) in [5.74, 6) is 0. The zero-order valence-corrected chi connectivity index (χ0v) is 18.1. The van der Waals surface area contributed by atoms with Crippen LogP contribution in [0.25, 0.3) is 0 Å². The van der Waals surface area contributed by atoms with Gasteiger partial charge in [-0.05, 0) is 36.5 Å². The van der Waals surface area contributed by atoms with Gasteiger partial charge in [-0.25, -0.2) is 0 Å². The summed E-state index contributed by atoms with van der Waals surface area (Å²) in [6.07, 6.45) is 5.18. The summed E-state index contributed by atoms with van der Waals surface area (Å²) in [6.45, 7) is 5.15. The van der Waals surface area contributed by atoms with Crippen LogP contribution in [0.15, 0.2) is 84.9 Å². The van der Waals surface area contributed by atoms with Gasteiger partial charge in [0.2, 0.25) is 0 Å². The van der Waals surface area contributed by atoms with E-state index in [4.69, 9.17) is 0 Å². The molecule has 0 amide bonds. The van der Waals surface area contributed by atoms with Crippen LogP contribution in [0.1, 0.15) is 47.9 Å². The van der Waals surface area contributed by atoms with E-state index in [9.17, 15) is 0 Å². The van der Waals surface area contributed by atoms with Crippen LogP contribution in [-0.2, 0) is 19.6 Å². The molecule has 0 radical (unpaired) electrons. The largest absolute Gasteiger partial charge is 0.308 e. The average Bonchev–Trinajstić information content (AvgIpc) is 2.79. The van der Waals surface area contributed by atoms with Crippen LogP contribution in [0.2, 0.25) is 0 Å². The van der Waals surface area contributed by atoms with Crippen molar-refractivity contribution in [2.45, 2.75) is 64.3 Å². The van der Waals surface area contributed by atoms with Gasteiger partial charge in [-0.1, -0.05) is 103 Å². The van der Waals surface area contributed by atoms with E-state index in [0.717, 1.165) is 19.6 Å². The van der Waals surface area contributed by atoms with Crippen LogP contribution >= 0.6 is 0 Å². The molecule has 1 aliphatic rings. The molecule has 0 aliphatic heterocycles. The Morgan fingerprint density at radius 2 is 1.37 bits per heavy atom. The first-order valence-corrected chi connectivity index (χ1v) is 11.4. The second-order valence-electron chi connectivity index (χ2n) is 8.70. The molecule has 0 saturated heterocycles. The van der Waals surface area contributed by atoms with Crippen molar-refractivity contribution >= 4 is 0 Å². The van der Waals surface area contributed by atoms with Gasteiger partial charge in [0.05, 0.1) is 0 Å². The molecule has 1 saturated carbocycles. The topological polar surface area (TPSA) is 15.3 Å². The molecule has 2 heteroatoms. The molecular weight excluding hydrogens is 364 g/mol. The van der Waals surface area contributed by atoms with E-state index < -0.39 is 0 Å². The lowest BCUT2D eigenvalue weighted by Crippen LogP contribution is -2.51. The maximum absolute atomic E-state index is 3.91. The Hall–Kier alpha value is -2.42. The first-order valence-electron chi connectivity index (χ1n) is 11.4. The standard InChI is InChI=1S/C28H34N2/c1-23-11-10-16-26(19-23)22-30(21-25-14-6-3-7-15-25)28-18-9-8-17-27(28)29-20-24-12-4-2-5-13-24/h2-7,10-16,19,27-29H,8-9,17-18,20-22H2,1H3/t27-,28-/m1/s1. The monoisotopic (exact) mass is 398 g/mol. The molecule has 2 nitrogen and oxygen atoms in total. The molecular formula is C28H34N2. The molecule has 1 N–H and O–H groups in total. The Balaban J connectivity index is 1.53. The number of hydrogen-bond acceptors (Lipinski definition) is 2. The van der Waals surface area contributed by atoms with Crippen LogP contribution in [-0.4, -0.2) is 17.0 Å². The minimum atomic E-state index is 0.535. The number of rotatable bonds is 8. The molecule has 2 atom stereocenters. The number of benzene rings is 3. The quantitative estimate of drug-likeness (QED) is 0.493. The fourth-order valence-corrected chi connectivity index (χ4v) is 4.78. The SMILES string of the molecule is Cc1cccc(CN(Cc2ccccc2)[C@@H]2CCCC[C@H]2NCc2ccccc2)c1. The van der Waals surface area contributed by atoms with Crippen molar-refractivity contribution in [2.75, 3.05) is 0 Å². The van der Waals surface area contributed by atoms with Gasteiger partial charge in [0.25, 0.3) is 0 Å². The van der Waals surface area contributed by atoms with Crippen LogP contribution < -0.4 is 5.32 Å². The zero-order chi connectivity index (χ0) is 20.6. The summed E-state index contributed by atoms with van der Waals surface area (Å²) >= 11 is 0. The smallest absolute Gasteiger partial charge is 0.0256 e. The molecule has 4 rings (SSSR count). The van der Waals surface area contributed by atoms with E-state index in [1.54, 1.807) is 0 Å². The van der Waals surface area contributed by atoms with E-state index in [-0.39, 0.29) is 0 Å². The number of nitrogens with zero attached hydrogens (tertiary/aromatic N) is 1. The summed E-state index contributed by atoms with van der Waals surface area (Å²) in [4.78, 5) is 2.71. The molecule has 30 heavy (non-hydrogen) atoms. The maximum Gasteiger partial charge on any atom is 0.0256 e. The molecule has 0 aromatic heterocycles. The highest BCUT2D eigenvalue weighted by atomic mass is 15.2. The van der Waals surface area contributed by atoms with Gasteiger partial charge in [-0.2, -0.15) is 0 Å². The van der Waals surface area contributed by atoms with Crippen molar-refractivity contribution in [3.8, 4) is 0 Å². The molecule has 0 heterocycles. The summed E-state index contributed by atoms with van der Waals surface area (Å²) in [5, 5.41) is 3.91. The fourth-order valence-electron chi connectivity index (χ4n) is 4.78. The van der Waals surface area contributed by atoms with Crippen LogP contribution in [0, 0.1) is 6.92 Å². The Morgan fingerprint density at radius 3 is 2.10 bits per heavy atom. The predicted octanol–water partition coefficient (Wildman–Crippen LogP) is 6.10. The van der Waals surface area contributed by atoms with Crippen molar-refractivity contribution < 1.29 is 0 Å². The van der Waals surface area contributed by atoms with Gasteiger partial charge in [-0.3, -0.25) is 4.90 Å². The first kappa shape index (κ1) is 20.8. The molecule has 1 aliphatic carbocycles. The predicted molar refractivity (Wildman–Crippen MR) is 126 cm³/mol. The molecule has 0 unspecified atom stereocenters. The average molecular weight is 399 g/mol. The zero-order valence-electron chi connectivity index (χ0n) is 18.1. The Labute approximate surface area is 181 Å². The van der Waals surface area contributed by atoms with Crippen molar-refractivity contribution in [2.24, 2.45) is 0 Å². The normalized spacial score (nSPS) is 19.1. The summed E-state index contributed by atoms with van der Waals surface area (Å²) < 4.78 is 0. The fraction of sp³-hybridized carbons (Fsp3) is 0.357. The highest BCUT2D eigenvalue weighted by molar-refractivity contribution is 5.23. The lowest BCUT2D eigenvalue weighted by Gasteiger charge is -2.41. The van der Waals surface area contributed by atoms with Crippen molar-refractivity contribution in [3.05, 3.63) is 107 Å². The van der Waals surface area contributed by atoms with Crippen molar-refractivity contribution in [1.82, 2.24) is 10.2 Å². The van der Waals surface area contributed by atoms with Crippen LogP contribution in [0.5, 0.6) is 0 Å². The second-order valence-corrected chi connectivity index (χ2v) is 8.70. The van der Waals surface area contributed by atoms with E-state index in [2.05, 4.69) is 102 Å². The molecule has 3 aromatic carbocycles. The molecule has 3 aromatic rings. The number of nitrogens with one attached hydrogen (secondary N) is 1. The number of aryl methyl sites for hydroxylation is 1. The second kappa shape index (κ2) is 10.6. The Bertz CT molecular complexity index is 891. The van der Waals surface area contributed by atoms with Gasteiger partial charge in [0.1, 0.15) is 0 Å². The Kier molecular flexibility index (Phi) is 7.34. The van der Waals surface area contributed by atoms with Gasteiger partial charge < -0.3 is 5.32 Å².